The van der Waals surface area contributed by atoms with Gasteiger partial charge in [-0.1, -0.05) is 6.42 Å². The maximum Gasteiger partial charge on any atom is 0.242 e. The van der Waals surface area contributed by atoms with Crippen LogP contribution in [0.4, 0.5) is 0 Å². The molecule has 0 aromatic heterocycles. The fraction of sp³-hybridized carbons (Fsp3) is 0.857. The van der Waals surface area contributed by atoms with Gasteiger partial charge in [0.2, 0.25) is 11.8 Å². The molecule has 6 heteroatoms. The molecule has 2 fully saturated rings. The first kappa shape index (κ1) is 17.2. The summed E-state index contributed by atoms with van der Waals surface area (Å²) in [5.74, 6) is 0.234. The molecule has 1 N–H and O–H groups in total. The number of amides is 2. The zero-order chi connectivity index (χ0) is 13.8. The summed E-state index contributed by atoms with van der Waals surface area (Å²) in [5.41, 5.74) is 0. The van der Waals surface area contributed by atoms with Crippen molar-refractivity contribution in [3.8, 4) is 0 Å². The first-order chi connectivity index (χ1) is 9.09. The van der Waals surface area contributed by atoms with Crippen LogP contribution in [0.3, 0.4) is 0 Å². The highest BCUT2D eigenvalue weighted by Gasteiger charge is 2.30. The van der Waals surface area contributed by atoms with Crippen LogP contribution in [0.1, 0.15) is 39.5 Å². The monoisotopic (exact) mass is 303 g/mol. The zero-order valence-electron chi connectivity index (χ0n) is 12.4. The Morgan fingerprint density at radius 1 is 1.25 bits per heavy atom. The molecule has 2 aliphatic heterocycles. The molecular weight excluding hydrogens is 278 g/mol. The minimum atomic E-state index is 0. The molecule has 5 nitrogen and oxygen atoms in total. The first-order valence-corrected chi connectivity index (χ1v) is 7.40. The maximum absolute atomic E-state index is 12.4. The van der Waals surface area contributed by atoms with Crippen molar-refractivity contribution >= 4 is 24.2 Å². The lowest BCUT2D eigenvalue weighted by Gasteiger charge is -2.39. The molecule has 2 heterocycles. The smallest absolute Gasteiger partial charge is 0.242 e. The van der Waals surface area contributed by atoms with Gasteiger partial charge in [-0.3, -0.25) is 9.59 Å². The van der Waals surface area contributed by atoms with Crippen LogP contribution in [0.25, 0.3) is 0 Å². The van der Waals surface area contributed by atoms with E-state index in [1.54, 1.807) is 4.90 Å². The Morgan fingerprint density at radius 2 is 2.00 bits per heavy atom. The van der Waals surface area contributed by atoms with Crippen LogP contribution in [0.5, 0.6) is 0 Å². The summed E-state index contributed by atoms with van der Waals surface area (Å²) >= 11 is 0. The van der Waals surface area contributed by atoms with Gasteiger partial charge >= 0.3 is 0 Å². The standard InChI is InChI=1S/C14H25N3O2.ClH/c1-11-12(2)17(9-7-15-11)14(19)10-16-8-5-3-4-6-13(16)18;/h11-12,15H,3-10H2,1-2H3;1H. The predicted octanol–water partition coefficient (Wildman–Crippen LogP) is 1.02. The van der Waals surface area contributed by atoms with Crippen LogP contribution < -0.4 is 5.32 Å². The van der Waals surface area contributed by atoms with Gasteiger partial charge in [-0.05, 0) is 26.7 Å². The van der Waals surface area contributed by atoms with Gasteiger partial charge in [0.15, 0.2) is 0 Å². The Labute approximate surface area is 127 Å². The lowest BCUT2D eigenvalue weighted by Crippen LogP contribution is -2.59. The second-order valence-corrected chi connectivity index (χ2v) is 5.70. The van der Waals surface area contributed by atoms with E-state index in [4.69, 9.17) is 0 Å². The number of nitrogens with zero attached hydrogens (tertiary/aromatic N) is 2. The van der Waals surface area contributed by atoms with Crippen LogP contribution >= 0.6 is 12.4 Å². The number of rotatable bonds is 2. The van der Waals surface area contributed by atoms with E-state index in [0.29, 0.717) is 12.5 Å². The summed E-state index contributed by atoms with van der Waals surface area (Å²) in [7, 11) is 0. The van der Waals surface area contributed by atoms with Crippen LogP contribution in [0.2, 0.25) is 0 Å². The fourth-order valence-corrected chi connectivity index (χ4v) is 2.87. The highest BCUT2D eigenvalue weighted by Crippen LogP contribution is 2.13. The number of hydrogen-bond acceptors (Lipinski definition) is 3. The predicted molar refractivity (Wildman–Crippen MR) is 80.9 cm³/mol. The van der Waals surface area contributed by atoms with Crippen molar-refractivity contribution in [2.24, 2.45) is 0 Å². The van der Waals surface area contributed by atoms with Gasteiger partial charge in [0.25, 0.3) is 0 Å². The fourth-order valence-electron chi connectivity index (χ4n) is 2.87. The first-order valence-electron chi connectivity index (χ1n) is 7.40. The lowest BCUT2D eigenvalue weighted by molar-refractivity contribution is -0.142. The van der Waals surface area contributed by atoms with Crippen LogP contribution in [-0.2, 0) is 9.59 Å². The quantitative estimate of drug-likeness (QED) is 0.829. The molecule has 0 aliphatic carbocycles. The van der Waals surface area contributed by atoms with Gasteiger partial charge in [-0.2, -0.15) is 0 Å². The zero-order valence-corrected chi connectivity index (χ0v) is 13.2. The van der Waals surface area contributed by atoms with Crippen LogP contribution in [0, 0.1) is 0 Å². The van der Waals surface area contributed by atoms with Crippen molar-refractivity contribution in [2.75, 3.05) is 26.2 Å². The number of halogens is 1. The number of likely N-dealkylation sites (tertiary alicyclic amines) is 1. The Kier molecular flexibility index (Phi) is 6.76. The lowest BCUT2D eigenvalue weighted by atomic mass is 10.1. The Hall–Kier alpha value is -0.810. The summed E-state index contributed by atoms with van der Waals surface area (Å²) in [5, 5.41) is 3.36. The van der Waals surface area contributed by atoms with Crippen molar-refractivity contribution in [3.05, 3.63) is 0 Å². The van der Waals surface area contributed by atoms with Crippen molar-refractivity contribution in [1.82, 2.24) is 15.1 Å². The van der Waals surface area contributed by atoms with Gasteiger partial charge < -0.3 is 15.1 Å². The molecule has 2 rings (SSSR count). The summed E-state index contributed by atoms with van der Waals surface area (Å²) in [6.45, 7) is 6.74. The summed E-state index contributed by atoms with van der Waals surface area (Å²) in [6.07, 6.45) is 3.68. The molecule has 0 aromatic rings. The van der Waals surface area contributed by atoms with Crippen LogP contribution in [-0.4, -0.2) is 59.9 Å². The molecule has 2 amide bonds. The number of carbonyl (C=O) groups is 2. The van der Waals surface area contributed by atoms with Crippen LogP contribution in [0.15, 0.2) is 0 Å². The molecule has 2 aliphatic rings. The number of nitrogens with one attached hydrogen (secondary N) is 1. The second-order valence-electron chi connectivity index (χ2n) is 5.70. The third-order valence-electron chi connectivity index (χ3n) is 4.35. The van der Waals surface area contributed by atoms with Crippen molar-refractivity contribution in [1.29, 1.82) is 0 Å². The molecular formula is C14H26ClN3O2. The summed E-state index contributed by atoms with van der Waals surface area (Å²) < 4.78 is 0. The summed E-state index contributed by atoms with van der Waals surface area (Å²) in [6, 6.07) is 0.515. The Balaban J connectivity index is 0.00000200. The van der Waals surface area contributed by atoms with E-state index in [1.807, 2.05) is 4.90 Å². The number of hydrogen-bond donors (Lipinski definition) is 1. The molecule has 0 aromatic carbocycles. The average molecular weight is 304 g/mol. The SMILES string of the molecule is CC1NCCN(C(=O)CN2CCCCCC2=O)C1C.Cl. The Morgan fingerprint density at radius 3 is 2.75 bits per heavy atom. The topological polar surface area (TPSA) is 52.7 Å². The van der Waals surface area contributed by atoms with Gasteiger partial charge in [0, 0.05) is 38.1 Å². The third-order valence-corrected chi connectivity index (χ3v) is 4.35. The van der Waals surface area contributed by atoms with Crippen molar-refractivity contribution in [2.45, 2.75) is 51.6 Å². The van der Waals surface area contributed by atoms with E-state index in [0.717, 1.165) is 38.9 Å². The van der Waals surface area contributed by atoms with E-state index in [2.05, 4.69) is 19.2 Å². The highest BCUT2D eigenvalue weighted by molar-refractivity contribution is 5.85. The highest BCUT2D eigenvalue weighted by atomic mass is 35.5. The van der Waals surface area contributed by atoms with Gasteiger partial charge in [0.1, 0.15) is 0 Å². The minimum absolute atomic E-state index is 0. The Bertz CT molecular complexity index is 351. The van der Waals surface area contributed by atoms with E-state index in [1.165, 1.54) is 0 Å². The molecule has 2 atom stereocenters. The molecule has 116 valence electrons. The van der Waals surface area contributed by atoms with Crippen molar-refractivity contribution in [3.63, 3.8) is 0 Å². The summed E-state index contributed by atoms with van der Waals surface area (Å²) in [4.78, 5) is 28.0. The van der Waals surface area contributed by atoms with E-state index >= 15 is 0 Å². The molecule has 2 saturated heterocycles. The van der Waals surface area contributed by atoms with Gasteiger partial charge in [-0.25, -0.2) is 0 Å². The third kappa shape index (κ3) is 4.09. The second kappa shape index (κ2) is 7.84. The average Bonchev–Trinajstić information content (AvgIpc) is 2.58. The van der Waals surface area contributed by atoms with E-state index < -0.39 is 0 Å². The maximum atomic E-state index is 12.4. The van der Waals surface area contributed by atoms with Crippen molar-refractivity contribution < 1.29 is 9.59 Å². The largest absolute Gasteiger partial charge is 0.336 e. The molecule has 0 spiro atoms. The molecule has 20 heavy (non-hydrogen) atoms. The normalized spacial score (nSPS) is 27.8. The van der Waals surface area contributed by atoms with E-state index in [-0.39, 0.29) is 36.8 Å². The van der Waals surface area contributed by atoms with Gasteiger partial charge in [0.05, 0.1) is 6.54 Å². The molecule has 0 bridgehead atoms. The minimum Gasteiger partial charge on any atom is -0.336 e. The molecule has 2 unspecified atom stereocenters. The number of carbonyl (C=O) groups excluding carboxylic acids is 2. The molecule has 0 radical (unpaired) electrons. The van der Waals surface area contributed by atoms with Gasteiger partial charge in [-0.15, -0.1) is 12.4 Å². The number of piperazine rings is 1. The van der Waals surface area contributed by atoms with E-state index in [9.17, 15) is 9.59 Å². The molecule has 0 saturated carbocycles.